The number of esters is 1. The number of ether oxygens (including phenoxy) is 1. The van der Waals surface area contributed by atoms with Crippen LogP contribution in [0.4, 0.5) is 0 Å². The maximum Gasteiger partial charge on any atom is 0.348 e. The van der Waals surface area contributed by atoms with Gasteiger partial charge in [0, 0.05) is 6.42 Å². The third-order valence-corrected chi connectivity index (χ3v) is 4.32. The summed E-state index contributed by atoms with van der Waals surface area (Å²) in [6.07, 6.45) is 0.0143. The summed E-state index contributed by atoms with van der Waals surface area (Å²) in [5.41, 5.74) is 7.35. The van der Waals surface area contributed by atoms with Gasteiger partial charge in [-0.25, -0.2) is 4.79 Å². The van der Waals surface area contributed by atoms with E-state index >= 15 is 0 Å². The van der Waals surface area contributed by atoms with Crippen LogP contribution < -0.4 is 5.73 Å². The van der Waals surface area contributed by atoms with Crippen molar-refractivity contribution in [3.8, 4) is 0 Å². The van der Waals surface area contributed by atoms with Crippen LogP contribution in [0.15, 0.2) is 41.8 Å². The molecule has 1 aliphatic rings. The average Bonchev–Trinajstić information content (AvgIpc) is 3.05. The van der Waals surface area contributed by atoms with Crippen LogP contribution in [0, 0.1) is 0 Å². The molecule has 2 aromatic rings. The molecule has 1 aromatic heterocycles. The molecule has 3 rings (SSSR count). The molecule has 20 heavy (non-hydrogen) atoms. The summed E-state index contributed by atoms with van der Waals surface area (Å²) in [6.45, 7) is 0. The van der Waals surface area contributed by atoms with Gasteiger partial charge in [-0.15, -0.1) is 11.3 Å². The van der Waals surface area contributed by atoms with Crippen molar-refractivity contribution in [2.75, 3.05) is 0 Å². The summed E-state index contributed by atoms with van der Waals surface area (Å²) in [6, 6.07) is 11.1. The first kappa shape index (κ1) is 12.9. The van der Waals surface area contributed by atoms with Gasteiger partial charge in [-0.2, -0.15) is 0 Å². The molecule has 1 aromatic carbocycles. The van der Waals surface area contributed by atoms with Crippen molar-refractivity contribution < 1.29 is 14.3 Å². The number of thiophene rings is 1. The minimum Gasteiger partial charge on any atom is -0.457 e. The number of fused-ring (bicyclic) bond motifs is 1. The summed E-state index contributed by atoms with van der Waals surface area (Å²) < 4.78 is 5.48. The van der Waals surface area contributed by atoms with Gasteiger partial charge in [0.2, 0.25) is 5.91 Å². The second-order valence-electron chi connectivity index (χ2n) is 4.70. The molecule has 102 valence electrons. The first-order chi connectivity index (χ1) is 9.66. The van der Waals surface area contributed by atoms with Crippen molar-refractivity contribution in [2.24, 2.45) is 5.73 Å². The van der Waals surface area contributed by atoms with Gasteiger partial charge in [0.05, 0.1) is 0 Å². The van der Waals surface area contributed by atoms with Gasteiger partial charge in [0.25, 0.3) is 0 Å². The number of hydrogen-bond acceptors (Lipinski definition) is 4. The van der Waals surface area contributed by atoms with Gasteiger partial charge in [0.15, 0.2) is 0 Å². The van der Waals surface area contributed by atoms with E-state index in [0.29, 0.717) is 11.3 Å². The Bertz CT molecular complexity index is 651. The second-order valence-corrected chi connectivity index (χ2v) is 5.65. The Kier molecular flexibility index (Phi) is 3.28. The highest BCUT2D eigenvalue weighted by Gasteiger charge is 2.38. The van der Waals surface area contributed by atoms with E-state index in [2.05, 4.69) is 0 Å². The van der Waals surface area contributed by atoms with E-state index in [1.165, 1.54) is 11.3 Å². The average molecular weight is 287 g/mol. The molecule has 1 amide bonds. The predicted molar refractivity (Wildman–Crippen MR) is 75.6 cm³/mol. The third-order valence-electron chi connectivity index (χ3n) is 3.47. The largest absolute Gasteiger partial charge is 0.457 e. The van der Waals surface area contributed by atoms with Crippen molar-refractivity contribution in [3.63, 3.8) is 0 Å². The van der Waals surface area contributed by atoms with Gasteiger partial charge in [-0.1, -0.05) is 30.3 Å². The fourth-order valence-electron chi connectivity index (χ4n) is 2.59. The van der Waals surface area contributed by atoms with Crippen LogP contribution in [0.5, 0.6) is 0 Å². The lowest BCUT2D eigenvalue weighted by molar-refractivity contribution is -0.121. The van der Waals surface area contributed by atoms with Gasteiger partial charge >= 0.3 is 5.97 Å². The standard InChI is InChI=1S/C15H13NO3S/c16-14(17)13-10-5-2-1-4-9(10)8-11(13)19-15(18)12-6-3-7-20-12/h1-7,11,13H,8H2,(H2,16,17). The number of rotatable bonds is 3. The SMILES string of the molecule is NC(=O)C1c2ccccc2CC1OC(=O)c1cccs1. The number of carbonyl (C=O) groups excluding carboxylic acids is 2. The zero-order chi connectivity index (χ0) is 14.1. The molecule has 0 fully saturated rings. The number of nitrogens with two attached hydrogens (primary N) is 1. The van der Waals surface area contributed by atoms with Crippen molar-refractivity contribution in [3.05, 3.63) is 57.8 Å². The zero-order valence-corrected chi connectivity index (χ0v) is 11.4. The van der Waals surface area contributed by atoms with Crippen LogP contribution in [0.1, 0.15) is 26.7 Å². The lowest BCUT2D eigenvalue weighted by atomic mass is 9.99. The van der Waals surface area contributed by atoms with E-state index in [-0.39, 0.29) is 0 Å². The summed E-state index contributed by atoms with van der Waals surface area (Å²) in [5, 5.41) is 1.81. The summed E-state index contributed by atoms with van der Waals surface area (Å²) >= 11 is 1.32. The van der Waals surface area contributed by atoms with E-state index in [1.807, 2.05) is 29.6 Å². The fraction of sp³-hybridized carbons (Fsp3) is 0.200. The molecular formula is C15H13NO3S. The van der Waals surface area contributed by atoms with Gasteiger partial charge < -0.3 is 10.5 Å². The number of primary amides is 1. The summed E-state index contributed by atoms with van der Waals surface area (Å²) in [7, 11) is 0. The maximum absolute atomic E-state index is 12.0. The highest BCUT2D eigenvalue weighted by atomic mass is 32.1. The normalized spacial score (nSPS) is 20.4. The second kappa shape index (κ2) is 5.09. The first-order valence-corrected chi connectivity index (χ1v) is 7.16. The highest BCUT2D eigenvalue weighted by Crippen LogP contribution is 2.35. The zero-order valence-electron chi connectivity index (χ0n) is 10.6. The van der Waals surface area contributed by atoms with Crippen LogP contribution in [0.25, 0.3) is 0 Å². The lowest BCUT2D eigenvalue weighted by Gasteiger charge is -2.17. The molecule has 1 aliphatic carbocycles. The number of benzene rings is 1. The smallest absolute Gasteiger partial charge is 0.348 e. The van der Waals surface area contributed by atoms with Gasteiger partial charge in [-0.05, 0) is 22.6 Å². The highest BCUT2D eigenvalue weighted by molar-refractivity contribution is 7.11. The minimum atomic E-state index is -0.560. The van der Waals surface area contributed by atoms with E-state index in [1.54, 1.807) is 12.1 Å². The molecule has 0 saturated heterocycles. The lowest BCUT2D eigenvalue weighted by Crippen LogP contribution is -2.32. The molecule has 0 saturated carbocycles. The number of hydrogen-bond donors (Lipinski definition) is 1. The van der Waals surface area contributed by atoms with E-state index in [4.69, 9.17) is 10.5 Å². The molecule has 5 heteroatoms. The van der Waals surface area contributed by atoms with Gasteiger partial charge in [0.1, 0.15) is 16.9 Å². The van der Waals surface area contributed by atoms with Crippen LogP contribution in [-0.2, 0) is 16.0 Å². The van der Waals surface area contributed by atoms with Crippen LogP contribution in [-0.4, -0.2) is 18.0 Å². The van der Waals surface area contributed by atoms with E-state index in [0.717, 1.165) is 11.1 Å². The summed E-state index contributed by atoms with van der Waals surface area (Å²) in [4.78, 5) is 24.2. The Hall–Kier alpha value is -2.14. The Balaban J connectivity index is 1.84. The Labute approximate surface area is 120 Å². The van der Waals surface area contributed by atoms with Crippen LogP contribution >= 0.6 is 11.3 Å². The van der Waals surface area contributed by atoms with Crippen LogP contribution in [0.2, 0.25) is 0 Å². The quantitative estimate of drug-likeness (QED) is 0.879. The molecule has 2 N–H and O–H groups in total. The first-order valence-electron chi connectivity index (χ1n) is 6.28. The van der Waals surface area contributed by atoms with Crippen molar-refractivity contribution in [1.82, 2.24) is 0 Å². The molecule has 4 nitrogen and oxygen atoms in total. The topological polar surface area (TPSA) is 69.4 Å². The monoisotopic (exact) mass is 287 g/mol. The molecule has 0 radical (unpaired) electrons. The van der Waals surface area contributed by atoms with Crippen molar-refractivity contribution in [1.29, 1.82) is 0 Å². The van der Waals surface area contributed by atoms with Crippen molar-refractivity contribution >= 4 is 23.2 Å². The molecule has 0 spiro atoms. The molecule has 0 bridgehead atoms. The molecule has 0 aliphatic heterocycles. The van der Waals surface area contributed by atoms with E-state index < -0.39 is 23.9 Å². The van der Waals surface area contributed by atoms with Crippen molar-refractivity contribution in [2.45, 2.75) is 18.4 Å². The van der Waals surface area contributed by atoms with Gasteiger partial charge in [-0.3, -0.25) is 4.79 Å². The molecule has 1 heterocycles. The summed E-state index contributed by atoms with van der Waals surface area (Å²) in [5.74, 6) is -1.42. The number of carbonyl (C=O) groups is 2. The Morgan fingerprint density at radius 2 is 2.00 bits per heavy atom. The third kappa shape index (κ3) is 2.20. The molecule has 2 atom stereocenters. The maximum atomic E-state index is 12.0. The fourth-order valence-corrected chi connectivity index (χ4v) is 3.20. The molecule has 2 unspecified atom stereocenters. The molecular weight excluding hydrogens is 274 g/mol. The minimum absolute atomic E-state index is 0.399. The Morgan fingerprint density at radius 3 is 2.70 bits per heavy atom. The van der Waals surface area contributed by atoms with Crippen LogP contribution in [0.3, 0.4) is 0 Å². The predicted octanol–water partition coefficient (Wildman–Crippen LogP) is 2.10. The van der Waals surface area contributed by atoms with E-state index in [9.17, 15) is 9.59 Å². The Morgan fingerprint density at radius 1 is 1.20 bits per heavy atom. The number of amides is 1.